The lowest BCUT2D eigenvalue weighted by Crippen LogP contribution is -2.40. The molecule has 6 nitrogen and oxygen atoms in total. The Labute approximate surface area is 148 Å². The van der Waals surface area contributed by atoms with E-state index in [9.17, 15) is 19.2 Å². The first-order valence-electron chi connectivity index (χ1n) is 7.58. The highest BCUT2D eigenvalue weighted by molar-refractivity contribution is 6.08. The van der Waals surface area contributed by atoms with Crippen molar-refractivity contribution in [2.24, 2.45) is 0 Å². The number of hydrogen-bond donors (Lipinski definition) is 1. The van der Waals surface area contributed by atoms with Crippen LogP contribution in [-0.2, 0) is 26.5 Å². The first-order valence-corrected chi connectivity index (χ1v) is 7.58. The van der Waals surface area contributed by atoms with E-state index in [0.29, 0.717) is 5.56 Å². The molecule has 3 rings (SSSR count). The van der Waals surface area contributed by atoms with E-state index in [1.165, 1.54) is 6.07 Å². The predicted octanol–water partition coefficient (Wildman–Crippen LogP) is 3.41. The van der Waals surface area contributed by atoms with Crippen molar-refractivity contribution in [2.75, 3.05) is 5.32 Å². The Kier molecular flexibility index (Phi) is 4.42. The van der Waals surface area contributed by atoms with Gasteiger partial charge in [0.15, 0.2) is 0 Å². The Balaban J connectivity index is 1.89. The standard InChI is InChI=1S/C19H13FN2O4/c1-12(10-21)19(15-9-14(20)7-8-16(15)22-17(19)23)26-18(24)25-11-13-5-3-2-4-6-13/h2-9H,1,11H2,(H,22,23). The summed E-state index contributed by atoms with van der Waals surface area (Å²) < 4.78 is 23.9. The lowest BCUT2D eigenvalue weighted by atomic mass is 9.88. The van der Waals surface area contributed by atoms with Crippen molar-refractivity contribution in [3.8, 4) is 6.07 Å². The number of carbonyl (C=O) groups is 2. The van der Waals surface area contributed by atoms with Crippen LogP contribution in [0.2, 0.25) is 0 Å². The van der Waals surface area contributed by atoms with Crippen LogP contribution in [0.15, 0.2) is 60.7 Å². The molecule has 26 heavy (non-hydrogen) atoms. The van der Waals surface area contributed by atoms with Crippen LogP contribution < -0.4 is 5.32 Å². The van der Waals surface area contributed by atoms with Crippen LogP contribution in [-0.4, -0.2) is 12.1 Å². The molecular formula is C19H13FN2O4. The van der Waals surface area contributed by atoms with Gasteiger partial charge in [-0.25, -0.2) is 9.18 Å². The van der Waals surface area contributed by atoms with Gasteiger partial charge in [-0.3, -0.25) is 4.79 Å². The Morgan fingerprint density at radius 1 is 1.27 bits per heavy atom. The van der Waals surface area contributed by atoms with Gasteiger partial charge in [-0.2, -0.15) is 5.26 Å². The van der Waals surface area contributed by atoms with Gasteiger partial charge in [0, 0.05) is 11.3 Å². The monoisotopic (exact) mass is 352 g/mol. The third-order valence-electron chi connectivity index (χ3n) is 3.92. The average Bonchev–Trinajstić information content (AvgIpc) is 2.92. The van der Waals surface area contributed by atoms with Gasteiger partial charge >= 0.3 is 6.16 Å². The van der Waals surface area contributed by atoms with Crippen molar-refractivity contribution in [1.29, 1.82) is 5.26 Å². The second kappa shape index (κ2) is 6.69. The highest BCUT2D eigenvalue weighted by Gasteiger charge is 2.54. The molecule has 0 bridgehead atoms. The molecule has 1 N–H and O–H groups in total. The fourth-order valence-electron chi connectivity index (χ4n) is 2.66. The Bertz CT molecular complexity index is 936. The Hall–Kier alpha value is -3.66. The summed E-state index contributed by atoms with van der Waals surface area (Å²) >= 11 is 0. The lowest BCUT2D eigenvalue weighted by Gasteiger charge is -2.25. The van der Waals surface area contributed by atoms with Crippen molar-refractivity contribution in [2.45, 2.75) is 12.2 Å². The van der Waals surface area contributed by atoms with E-state index in [0.717, 1.165) is 12.1 Å². The summed E-state index contributed by atoms with van der Waals surface area (Å²) in [6.07, 6.45) is -1.18. The van der Waals surface area contributed by atoms with Crippen molar-refractivity contribution < 1.29 is 23.5 Å². The Morgan fingerprint density at radius 2 is 2.00 bits per heavy atom. The molecule has 0 spiro atoms. The van der Waals surface area contributed by atoms with Crippen molar-refractivity contribution in [3.05, 3.63) is 77.6 Å². The van der Waals surface area contributed by atoms with Gasteiger partial charge in [0.1, 0.15) is 12.4 Å². The maximum atomic E-state index is 13.7. The molecule has 7 heteroatoms. The van der Waals surface area contributed by atoms with Crippen LogP contribution >= 0.6 is 0 Å². The molecule has 0 saturated heterocycles. The summed E-state index contributed by atoms with van der Waals surface area (Å²) in [5, 5.41) is 11.7. The van der Waals surface area contributed by atoms with E-state index in [1.807, 2.05) is 6.07 Å². The molecule has 1 heterocycles. The van der Waals surface area contributed by atoms with Crippen LogP contribution in [0.4, 0.5) is 14.9 Å². The van der Waals surface area contributed by atoms with Gasteiger partial charge in [0.2, 0.25) is 0 Å². The van der Waals surface area contributed by atoms with Gasteiger partial charge in [0.25, 0.3) is 11.5 Å². The van der Waals surface area contributed by atoms with Crippen molar-refractivity contribution in [3.63, 3.8) is 0 Å². The summed E-state index contributed by atoms with van der Waals surface area (Å²) in [7, 11) is 0. The van der Waals surface area contributed by atoms with Crippen LogP contribution in [0, 0.1) is 17.1 Å². The van der Waals surface area contributed by atoms with Crippen LogP contribution in [0.3, 0.4) is 0 Å². The number of nitrogens with zero attached hydrogens (tertiary/aromatic N) is 1. The molecule has 1 amide bonds. The zero-order valence-electron chi connectivity index (χ0n) is 13.5. The van der Waals surface area contributed by atoms with E-state index >= 15 is 0 Å². The van der Waals surface area contributed by atoms with E-state index < -0.39 is 23.5 Å². The average molecular weight is 352 g/mol. The summed E-state index contributed by atoms with van der Waals surface area (Å²) in [5.74, 6) is -1.47. The number of benzene rings is 2. The fourth-order valence-corrected chi connectivity index (χ4v) is 2.66. The number of nitriles is 1. The summed E-state index contributed by atoms with van der Waals surface area (Å²) in [6, 6.07) is 14.0. The largest absolute Gasteiger partial charge is 0.510 e. The van der Waals surface area contributed by atoms with E-state index in [4.69, 9.17) is 9.47 Å². The van der Waals surface area contributed by atoms with E-state index in [2.05, 4.69) is 11.9 Å². The maximum Gasteiger partial charge on any atom is 0.510 e. The third-order valence-corrected chi connectivity index (χ3v) is 3.92. The number of rotatable bonds is 4. The number of hydrogen-bond acceptors (Lipinski definition) is 5. The highest BCUT2D eigenvalue weighted by atomic mass is 19.1. The van der Waals surface area contributed by atoms with Crippen molar-refractivity contribution >= 4 is 17.7 Å². The molecule has 2 aromatic carbocycles. The van der Waals surface area contributed by atoms with E-state index in [1.54, 1.807) is 30.3 Å². The van der Waals surface area contributed by atoms with E-state index in [-0.39, 0.29) is 23.4 Å². The van der Waals surface area contributed by atoms with Gasteiger partial charge in [-0.15, -0.1) is 0 Å². The van der Waals surface area contributed by atoms with Crippen molar-refractivity contribution in [1.82, 2.24) is 0 Å². The zero-order chi connectivity index (χ0) is 18.7. The molecule has 130 valence electrons. The number of fused-ring (bicyclic) bond motifs is 1. The summed E-state index contributed by atoms with van der Waals surface area (Å²) in [6.45, 7) is 3.41. The minimum Gasteiger partial charge on any atom is -0.429 e. The lowest BCUT2D eigenvalue weighted by molar-refractivity contribution is -0.132. The molecule has 0 saturated carbocycles. The topological polar surface area (TPSA) is 88.4 Å². The summed E-state index contributed by atoms with van der Waals surface area (Å²) in [4.78, 5) is 24.7. The predicted molar refractivity (Wildman–Crippen MR) is 89.2 cm³/mol. The third kappa shape index (κ3) is 2.89. The molecule has 1 aliphatic rings. The molecule has 1 aliphatic heterocycles. The van der Waals surface area contributed by atoms with Crippen LogP contribution in [0.25, 0.3) is 0 Å². The number of amides is 1. The van der Waals surface area contributed by atoms with Gasteiger partial charge in [-0.05, 0) is 23.8 Å². The highest BCUT2D eigenvalue weighted by Crippen LogP contribution is 2.44. The number of anilines is 1. The number of ether oxygens (including phenoxy) is 2. The fraction of sp³-hybridized carbons (Fsp3) is 0.105. The SMILES string of the molecule is C=C(C#N)C1(OC(=O)OCc2ccccc2)C(=O)Nc2ccc(F)cc21. The summed E-state index contributed by atoms with van der Waals surface area (Å²) in [5.41, 5.74) is -1.61. The first kappa shape index (κ1) is 17.2. The molecular weight excluding hydrogens is 339 g/mol. The quantitative estimate of drug-likeness (QED) is 0.673. The van der Waals surface area contributed by atoms with Gasteiger partial charge in [-0.1, -0.05) is 36.9 Å². The van der Waals surface area contributed by atoms with Crippen LogP contribution in [0.5, 0.6) is 0 Å². The van der Waals surface area contributed by atoms with Gasteiger partial charge < -0.3 is 14.8 Å². The second-order valence-electron chi connectivity index (χ2n) is 5.54. The minimum atomic E-state index is -2.17. The number of halogens is 1. The molecule has 0 aliphatic carbocycles. The van der Waals surface area contributed by atoms with Gasteiger partial charge in [0.05, 0.1) is 11.6 Å². The number of nitrogens with one attached hydrogen (secondary N) is 1. The minimum absolute atomic E-state index is 0.00860. The first-order chi connectivity index (χ1) is 12.5. The molecule has 0 fully saturated rings. The molecule has 1 atom stereocenters. The van der Waals surface area contributed by atoms with Crippen LogP contribution in [0.1, 0.15) is 11.1 Å². The molecule has 0 radical (unpaired) electrons. The number of carbonyl (C=O) groups excluding carboxylic acids is 2. The zero-order valence-corrected chi connectivity index (χ0v) is 13.5. The molecule has 0 aromatic heterocycles. The second-order valence-corrected chi connectivity index (χ2v) is 5.54. The molecule has 1 unspecified atom stereocenters. The normalized spacial score (nSPS) is 17.6. The molecule has 2 aromatic rings. The smallest absolute Gasteiger partial charge is 0.429 e. The maximum absolute atomic E-state index is 13.7. The Morgan fingerprint density at radius 3 is 2.69 bits per heavy atom.